The van der Waals surface area contributed by atoms with Gasteiger partial charge < -0.3 is 5.32 Å². The minimum absolute atomic E-state index is 0.0939. The van der Waals surface area contributed by atoms with Crippen molar-refractivity contribution in [1.29, 1.82) is 0 Å². The lowest BCUT2D eigenvalue weighted by Crippen LogP contribution is -2.25. The number of hydrogen-bond donors (Lipinski definition) is 1. The summed E-state index contributed by atoms with van der Waals surface area (Å²) in [5.74, 6) is 0.141. The Morgan fingerprint density at radius 2 is 1.76 bits per heavy atom. The van der Waals surface area contributed by atoms with Crippen LogP contribution in [0, 0.1) is 13.8 Å². The molecule has 0 spiro atoms. The predicted octanol–water partition coefficient (Wildman–Crippen LogP) is 2.91. The lowest BCUT2D eigenvalue weighted by atomic mass is 10.1. The smallest absolute Gasteiger partial charge is 0.149 e. The molecule has 0 radical (unpaired) electrons. The Labute approximate surface area is 112 Å². The average Bonchev–Trinajstić information content (AvgIpc) is 2.08. The normalized spacial score (nSPS) is 13.5. The van der Waals surface area contributed by atoms with Gasteiger partial charge in [0.25, 0.3) is 0 Å². The van der Waals surface area contributed by atoms with Gasteiger partial charge in [0.15, 0.2) is 0 Å². The van der Waals surface area contributed by atoms with Crippen LogP contribution in [0.25, 0.3) is 0 Å². The molecule has 0 aliphatic heterocycles. The summed E-state index contributed by atoms with van der Waals surface area (Å²) in [7, 11) is -2.95. The molecule has 1 atom stereocenters. The average molecular weight is 320 g/mol. The Balaban J connectivity index is 2.89. The van der Waals surface area contributed by atoms with Gasteiger partial charge in [-0.05, 0) is 44.0 Å². The third-order valence-corrected chi connectivity index (χ3v) is 4.00. The van der Waals surface area contributed by atoms with Crippen molar-refractivity contribution in [3.8, 4) is 0 Å². The van der Waals surface area contributed by atoms with E-state index in [1.807, 2.05) is 32.9 Å². The van der Waals surface area contributed by atoms with E-state index in [2.05, 4.69) is 21.2 Å². The van der Waals surface area contributed by atoms with E-state index in [1.165, 1.54) is 6.26 Å². The number of nitrogens with one attached hydrogen (secondary N) is 1. The highest BCUT2D eigenvalue weighted by Gasteiger charge is 2.12. The maximum absolute atomic E-state index is 11.2. The van der Waals surface area contributed by atoms with E-state index in [-0.39, 0.29) is 11.8 Å². The van der Waals surface area contributed by atoms with E-state index >= 15 is 0 Å². The van der Waals surface area contributed by atoms with Crippen molar-refractivity contribution in [3.05, 3.63) is 27.7 Å². The fourth-order valence-corrected chi connectivity index (χ4v) is 3.56. The number of anilines is 1. The van der Waals surface area contributed by atoms with Crippen LogP contribution in [-0.2, 0) is 9.84 Å². The zero-order chi connectivity index (χ0) is 13.2. The molecule has 3 nitrogen and oxygen atoms in total. The number of benzene rings is 1. The summed E-state index contributed by atoms with van der Waals surface area (Å²) in [5, 5.41) is 3.26. The first-order chi connectivity index (χ1) is 7.69. The standard InChI is InChI=1S/C12H18BrNO2S/c1-8-5-11(13)6-9(2)12(8)14-10(3)7-17(4,15)16/h5-6,10,14H,7H2,1-4H3. The zero-order valence-corrected chi connectivity index (χ0v) is 12.9. The van der Waals surface area contributed by atoms with Gasteiger partial charge >= 0.3 is 0 Å². The Kier molecular flexibility index (Phi) is 4.61. The summed E-state index contributed by atoms with van der Waals surface area (Å²) < 4.78 is 23.5. The number of sulfone groups is 1. The van der Waals surface area contributed by atoms with E-state index in [1.54, 1.807) is 0 Å². The maximum Gasteiger partial charge on any atom is 0.149 e. The van der Waals surface area contributed by atoms with Crippen molar-refractivity contribution in [2.75, 3.05) is 17.3 Å². The summed E-state index contributed by atoms with van der Waals surface area (Å²) >= 11 is 3.44. The van der Waals surface area contributed by atoms with Crippen LogP contribution in [0.2, 0.25) is 0 Å². The second-order valence-corrected chi connectivity index (χ2v) is 7.65. The van der Waals surface area contributed by atoms with Crippen LogP contribution >= 0.6 is 15.9 Å². The molecule has 1 aromatic carbocycles. The highest BCUT2D eigenvalue weighted by molar-refractivity contribution is 9.10. The highest BCUT2D eigenvalue weighted by Crippen LogP contribution is 2.25. The monoisotopic (exact) mass is 319 g/mol. The van der Waals surface area contributed by atoms with E-state index in [4.69, 9.17) is 0 Å². The second-order valence-electron chi connectivity index (χ2n) is 4.55. The lowest BCUT2D eigenvalue weighted by Gasteiger charge is -2.18. The molecule has 0 saturated carbocycles. The van der Waals surface area contributed by atoms with Gasteiger partial charge in [0.2, 0.25) is 0 Å². The fraction of sp³-hybridized carbons (Fsp3) is 0.500. The Morgan fingerprint density at radius 3 is 2.18 bits per heavy atom. The minimum atomic E-state index is -2.95. The molecule has 96 valence electrons. The molecular weight excluding hydrogens is 302 g/mol. The van der Waals surface area contributed by atoms with E-state index < -0.39 is 9.84 Å². The number of rotatable bonds is 4. The fourth-order valence-electron chi connectivity index (χ4n) is 1.88. The Bertz CT molecular complexity index is 488. The summed E-state index contributed by atoms with van der Waals surface area (Å²) in [6.07, 6.45) is 1.26. The van der Waals surface area contributed by atoms with E-state index in [0.717, 1.165) is 21.3 Å². The maximum atomic E-state index is 11.2. The molecule has 17 heavy (non-hydrogen) atoms. The Morgan fingerprint density at radius 1 is 1.29 bits per heavy atom. The first-order valence-electron chi connectivity index (χ1n) is 5.40. The molecule has 5 heteroatoms. The molecule has 0 aliphatic carbocycles. The van der Waals surface area contributed by atoms with Gasteiger partial charge in [-0.3, -0.25) is 0 Å². The molecule has 0 amide bonds. The molecule has 0 heterocycles. The molecule has 1 N–H and O–H groups in total. The molecule has 0 aliphatic rings. The molecule has 0 bridgehead atoms. The first-order valence-corrected chi connectivity index (χ1v) is 8.25. The van der Waals surface area contributed by atoms with Crippen molar-refractivity contribution in [1.82, 2.24) is 0 Å². The van der Waals surface area contributed by atoms with Gasteiger partial charge in [-0.1, -0.05) is 15.9 Å². The quantitative estimate of drug-likeness (QED) is 0.928. The zero-order valence-electron chi connectivity index (χ0n) is 10.5. The van der Waals surface area contributed by atoms with Crippen LogP contribution in [0.15, 0.2) is 16.6 Å². The van der Waals surface area contributed by atoms with Gasteiger partial charge in [0, 0.05) is 22.5 Å². The van der Waals surface area contributed by atoms with Gasteiger partial charge in [-0.2, -0.15) is 0 Å². The minimum Gasteiger partial charge on any atom is -0.381 e. The number of hydrogen-bond acceptors (Lipinski definition) is 3. The van der Waals surface area contributed by atoms with Crippen LogP contribution in [0.4, 0.5) is 5.69 Å². The van der Waals surface area contributed by atoms with Crippen molar-refractivity contribution >= 4 is 31.5 Å². The molecular formula is C12H18BrNO2S. The lowest BCUT2D eigenvalue weighted by molar-refractivity contribution is 0.598. The molecule has 1 rings (SSSR count). The van der Waals surface area contributed by atoms with Crippen LogP contribution in [0.1, 0.15) is 18.1 Å². The Hall–Kier alpha value is -0.550. The second kappa shape index (κ2) is 5.40. The topological polar surface area (TPSA) is 46.2 Å². The van der Waals surface area contributed by atoms with Crippen molar-refractivity contribution in [2.24, 2.45) is 0 Å². The van der Waals surface area contributed by atoms with E-state index in [9.17, 15) is 8.42 Å². The van der Waals surface area contributed by atoms with Crippen LogP contribution in [0.5, 0.6) is 0 Å². The molecule has 1 unspecified atom stereocenters. The van der Waals surface area contributed by atoms with Crippen molar-refractivity contribution in [3.63, 3.8) is 0 Å². The van der Waals surface area contributed by atoms with Crippen LogP contribution in [0.3, 0.4) is 0 Å². The van der Waals surface area contributed by atoms with Crippen molar-refractivity contribution in [2.45, 2.75) is 26.8 Å². The van der Waals surface area contributed by atoms with Gasteiger partial charge in [-0.25, -0.2) is 8.42 Å². The molecule has 0 saturated heterocycles. The van der Waals surface area contributed by atoms with Gasteiger partial charge in [0.05, 0.1) is 5.75 Å². The summed E-state index contributed by atoms with van der Waals surface area (Å²) in [5.41, 5.74) is 3.24. The van der Waals surface area contributed by atoms with Crippen LogP contribution < -0.4 is 5.32 Å². The SMILES string of the molecule is Cc1cc(Br)cc(C)c1NC(C)CS(C)(=O)=O. The summed E-state index contributed by atoms with van der Waals surface area (Å²) in [6, 6.07) is 3.94. The first kappa shape index (κ1) is 14.5. The molecule has 0 fully saturated rings. The predicted molar refractivity (Wildman–Crippen MR) is 76.4 cm³/mol. The molecule has 0 aromatic heterocycles. The summed E-state index contributed by atoms with van der Waals surface area (Å²) in [4.78, 5) is 0. The third-order valence-electron chi connectivity index (χ3n) is 2.44. The number of halogens is 1. The van der Waals surface area contributed by atoms with E-state index in [0.29, 0.717) is 0 Å². The number of aryl methyl sites for hydroxylation is 2. The highest BCUT2D eigenvalue weighted by atomic mass is 79.9. The van der Waals surface area contributed by atoms with Gasteiger partial charge in [-0.15, -0.1) is 0 Å². The van der Waals surface area contributed by atoms with Crippen molar-refractivity contribution < 1.29 is 8.42 Å². The van der Waals surface area contributed by atoms with Gasteiger partial charge in [0.1, 0.15) is 9.84 Å². The summed E-state index contributed by atoms with van der Waals surface area (Å²) in [6.45, 7) is 5.89. The third kappa shape index (κ3) is 4.68. The largest absolute Gasteiger partial charge is 0.381 e. The van der Waals surface area contributed by atoms with Crippen LogP contribution in [-0.4, -0.2) is 26.5 Å². The molecule has 1 aromatic rings.